The van der Waals surface area contributed by atoms with Crippen LogP contribution >= 0.6 is 22.9 Å². The number of carbonyl (C=O) groups is 1. The van der Waals surface area contributed by atoms with Crippen LogP contribution in [-0.4, -0.2) is 67.3 Å². The van der Waals surface area contributed by atoms with E-state index in [-0.39, 0.29) is 43.8 Å². The molecule has 0 radical (unpaired) electrons. The van der Waals surface area contributed by atoms with Gasteiger partial charge in [0.2, 0.25) is 15.8 Å². The highest BCUT2D eigenvalue weighted by Gasteiger charge is 2.26. The first-order valence-corrected chi connectivity index (χ1v) is 13.6. The monoisotopic (exact) mass is 544 g/mol. The molecule has 1 fully saturated rings. The smallest absolute Gasteiger partial charge is 0.287 e. The van der Waals surface area contributed by atoms with Gasteiger partial charge in [0.1, 0.15) is 10.6 Å². The van der Waals surface area contributed by atoms with Gasteiger partial charge < -0.3 is 19.8 Å². The zero-order chi connectivity index (χ0) is 25.2. The quantitative estimate of drug-likeness (QED) is 0.443. The zero-order valence-corrected chi connectivity index (χ0v) is 20.9. The summed E-state index contributed by atoms with van der Waals surface area (Å²) >= 11 is 6.95. The predicted octanol–water partition coefficient (Wildman–Crippen LogP) is 1.88. The number of H-pyrrole nitrogens is 1. The molecule has 1 saturated heterocycles. The molecule has 0 saturated carbocycles. The molecule has 14 heteroatoms. The molecular weight excluding hydrogens is 523 g/mol. The second-order valence-electron chi connectivity index (χ2n) is 7.92. The summed E-state index contributed by atoms with van der Waals surface area (Å²) in [6.07, 6.45) is 0.742. The van der Waals surface area contributed by atoms with Gasteiger partial charge in [0.15, 0.2) is 0 Å². The number of nitrogens with zero attached hydrogens (tertiary/aromatic N) is 2. The van der Waals surface area contributed by atoms with E-state index in [1.807, 2.05) is 0 Å². The highest BCUT2D eigenvalue weighted by atomic mass is 35.5. The fourth-order valence-corrected chi connectivity index (χ4v) is 5.50. The van der Waals surface area contributed by atoms with Crippen molar-refractivity contribution in [3.63, 3.8) is 0 Å². The van der Waals surface area contributed by atoms with Gasteiger partial charge in [-0.2, -0.15) is 4.31 Å². The highest BCUT2D eigenvalue weighted by molar-refractivity contribution is 7.88. The lowest BCUT2D eigenvalue weighted by Crippen LogP contribution is -2.46. The molecule has 1 aliphatic rings. The average molecular weight is 545 g/mol. The number of nitrogens with one attached hydrogen (secondary N) is 2. The molecule has 0 aliphatic carbocycles. The van der Waals surface area contributed by atoms with Crippen molar-refractivity contribution >= 4 is 49.1 Å². The molecule has 1 atom stereocenters. The summed E-state index contributed by atoms with van der Waals surface area (Å²) < 4.78 is 49.3. The standard InChI is InChI=1S/C21H22ClFN4O6S2/c1-35(30,31)27-4-5-33-14(8-27)10-32-9-13-11-34-21-17(13)19(28)25-18(26-21)20(29)24-7-12-2-3-16(23)15(22)6-12/h2-3,6,11,14H,4-5,7-10H2,1H3,(H,24,29)(H,25,26,28). The Labute approximate surface area is 209 Å². The van der Waals surface area contributed by atoms with Gasteiger partial charge in [-0.05, 0) is 23.1 Å². The van der Waals surface area contributed by atoms with Crippen LogP contribution in [0.2, 0.25) is 5.02 Å². The molecular formula is C21H22ClFN4O6S2. The Hall–Kier alpha value is -2.42. The topological polar surface area (TPSA) is 131 Å². The van der Waals surface area contributed by atoms with Crippen LogP contribution in [0.5, 0.6) is 0 Å². The van der Waals surface area contributed by atoms with E-state index in [2.05, 4.69) is 15.3 Å². The maximum atomic E-state index is 13.3. The molecule has 10 nitrogen and oxygen atoms in total. The van der Waals surface area contributed by atoms with Crippen molar-refractivity contribution in [2.24, 2.45) is 0 Å². The summed E-state index contributed by atoms with van der Waals surface area (Å²) in [6, 6.07) is 4.09. The Morgan fingerprint density at radius 2 is 2.26 bits per heavy atom. The van der Waals surface area contributed by atoms with E-state index in [4.69, 9.17) is 21.1 Å². The van der Waals surface area contributed by atoms with Gasteiger partial charge in [-0.1, -0.05) is 17.7 Å². The van der Waals surface area contributed by atoms with Crippen molar-refractivity contribution in [1.82, 2.24) is 19.6 Å². The lowest BCUT2D eigenvalue weighted by Gasteiger charge is -2.30. The molecule has 1 aromatic carbocycles. The number of ether oxygens (including phenoxy) is 2. The van der Waals surface area contributed by atoms with Gasteiger partial charge in [0.25, 0.3) is 11.5 Å². The van der Waals surface area contributed by atoms with Crippen molar-refractivity contribution in [2.75, 3.05) is 32.6 Å². The fraction of sp³-hybridized carbons (Fsp3) is 0.381. The summed E-state index contributed by atoms with van der Waals surface area (Å²) in [6.45, 7) is 1.12. The molecule has 35 heavy (non-hydrogen) atoms. The number of rotatable bonds is 8. The van der Waals surface area contributed by atoms with E-state index < -0.39 is 33.4 Å². The number of sulfonamides is 1. The number of fused-ring (bicyclic) bond motifs is 1. The van der Waals surface area contributed by atoms with Gasteiger partial charge in [-0.15, -0.1) is 11.3 Å². The maximum absolute atomic E-state index is 13.3. The minimum Gasteiger partial charge on any atom is -0.374 e. The number of aromatic nitrogens is 2. The van der Waals surface area contributed by atoms with Crippen molar-refractivity contribution in [3.8, 4) is 0 Å². The lowest BCUT2D eigenvalue weighted by molar-refractivity contribution is -0.0542. The number of amides is 1. The van der Waals surface area contributed by atoms with Gasteiger partial charge >= 0.3 is 0 Å². The molecule has 188 valence electrons. The van der Waals surface area contributed by atoms with E-state index in [9.17, 15) is 22.4 Å². The summed E-state index contributed by atoms with van der Waals surface area (Å²) in [5.41, 5.74) is 0.703. The molecule has 3 aromatic rings. The third kappa shape index (κ3) is 6.23. The van der Waals surface area contributed by atoms with Crippen molar-refractivity contribution in [1.29, 1.82) is 0 Å². The van der Waals surface area contributed by atoms with Gasteiger partial charge in [-0.25, -0.2) is 17.8 Å². The first-order chi connectivity index (χ1) is 16.6. The normalized spacial score (nSPS) is 17.1. The predicted molar refractivity (Wildman–Crippen MR) is 129 cm³/mol. The number of hydrogen-bond acceptors (Lipinski definition) is 8. The Balaban J connectivity index is 1.38. The summed E-state index contributed by atoms with van der Waals surface area (Å²) in [5.74, 6) is -1.31. The van der Waals surface area contributed by atoms with Gasteiger partial charge in [0.05, 0.1) is 42.6 Å². The summed E-state index contributed by atoms with van der Waals surface area (Å²) in [7, 11) is -3.30. The van der Waals surface area contributed by atoms with Crippen molar-refractivity contribution in [2.45, 2.75) is 19.3 Å². The zero-order valence-electron chi connectivity index (χ0n) is 18.5. The molecule has 0 bridgehead atoms. The Morgan fingerprint density at radius 1 is 1.46 bits per heavy atom. The van der Waals surface area contributed by atoms with Crippen LogP contribution in [0.15, 0.2) is 28.4 Å². The minimum absolute atomic E-state index is 0.0548. The van der Waals surface area contributed by atoms with Crippen molar-refractivity contribution < 1.29 is 27.1 Å². The van der Waals surface area contributed by atoms with Crippen LogP contribution in [0.25, 0.3) is 10.2 Å². The number of hydrogen-bond donors (Lipinski definition) is 2. The van der Waals surface area contributed by atoms with E-state index in [1.54, 1.807) is 5.38 Å². The van der Waals surface area contributed by atoms with E-state index in [0.29, 0.717) is 27.9 Å². The third-order valence-electron chi connectivity index (χ3n) is 5.30. The Bertz CT molecular complexity index is 1410. The number of halogens is 2. The van der Waals surface area contributed by atoms with Crippen LogP contribution in [0.1, 0.15) is 21.7 Å². The fourth-order valence-electron chi connectivity index (χ4n) is 3.53. The number of thiophene rings is 1. The van der Waals surface area contributed by atoms with E-state index in [1.165, 1.54) is 33.8 Å². The molecule has 1 aliphatic heterocycles. The summed E-state index contributed by atoms with van der Waals surface area (Å²) in [4.78, 5) is 32.3. The lowest BCUT2D eigenvalue weighted by atomic mass is 10.2. The van der Waals surface area contributed by atoms with Crippen LogP contribution in [0, 0.1) is 5.82 Å². The van der Waals surface area contributed by atoms with Gasteiger partial charge in [-0.3, -0.25) is 9.59 Å². The highest BCUT2D eigenvalue weighted by Crippen LogP contribution is 2.22. The van der Waals surface area contributed by atoms with E-state index >= 15 is 0 Å². The molecule has 2 N–H and O–H groups in total. The Kier molecular flexibility index (Phi) is 7.83. The molecule has 0 spiro atoms. The SMILES string of the molecule is CS(=O)(=O)N1CCOC(COCc2csc3nc(C(=O)NCc4ccc(F)c(Cl)c4)[nH]c(=O)c23)C1. The third-order valence-corrected chi connectivity index (χ3v) is 7.78. The van der Waals surface area contributed by atoms with Crippen molar-refractivity contribution in [3.05, 3.63) is 61.7 Å². The van der Waals surface area contributed by atoms with E-state index in [0.717, 1.165) is 6.26 Å². The first kappa shape index (κ1) is 25.7. The number of benzene rings is 1. The van der Waals surface area contributed by atoms with Crippen LogP contribution in [0.3, 0.4) is 0 Å². The second kappa shape index (κ2) is 10.7. The minimum atomic E-state index is -3.30. The maximum Gasteiger partial charge on any atom is 0.287 e. The number of morpholine rings is 1. The van der Waals surface area contributed by atoms with Gasteiger partial charge in [0, 0.05) is 25.2 Å². The van der Waals surface area contributed by atoms with Crippen LogP contribution < -0.4 is 10.9 Å². The largest absolute Gasteiger partial charge is 0.374 e. The molecule has 1 amide bonds. The Morgan fingerprint density at radius 3 is 3.00 bits per heavy atom. The number of carbonyl (C=O) groups excluding carboxylic acids is 1. The first-order valence-electron chi connectivity index (χ1n) is 10.5. The molecule has 3 heterocycles. The molecule has 2 aromatic heterocycles. The molecule has 1 unspecified atom stereocenters. The summed E-state index contributed by atoms with van der Waals surface area (Å²) in [5, 5.41) is 4.60. The average Bonchev–Trinajstić information content (AvgIpc) is 3.23. The van der Waals surface area contributed by atoms with Crippen LogP contribution in [0.4, 0.5) is 4.39 Å². The molecule has 4 rings (SSSR count). The second-order valence-corrected chi connectivity index (χ2v) is 11.2. The number of aromatic amines is 1. The van der Waals surface area contributed by atoms with Crippen LogP contribution in [-0.2, 0) is 32.6 Å².